The number of hydrogen-bond donors (Lipinski definition) is 1. The normalized spacial score (nSPS) is 18.2. The highest BCUT2D eigenvalue weighted by Crippen LogP contribution is 2.17. The van der Waals surface area contributed by atoms with Gasteiger partial charge in [-0.2, -0.15) is 5.26 Å². The van der Waals surface area contributed by atoms with Crippen molar-refractivity contribution in [3.8, 4) is 6.07 Å². The molecule has 102 valence electrons. The van der Waals surface area contributed by atoms with Crippen molar-refractivity contribution in [2.75, 3.05) is 31.7 Å². The number of benzene rings is 1. The number of rotatable bonds is 6. The van der Waals surface area contributed by atoms with Crippen LogP contribution in [-0.4, -0.2) is 32.5 Å². The third-order valence-electron chi connectivity index (χ3n) is 3.01. The van der Waals surface area contributed by atoms with Gasteiger partial charge in [-0.05, 0) is 25.0 Å². The Balaban J connectivity index is 1.71. The molecule has 0 spiro atoms. The molecule has 1 aliphatic heterocycles. The second-order valence-corrected chi connectivity index (χ2v) is 4.41. The Hall–Kier alpha value is -1.64. The first-order valence-electron chi connectivity index (χ1n) is 6.43. The molecule has 0 amide bonds. The molecule has 1 heterocycles. The lowest BCUT2D eigenvalue weighted by Gasteiger charge is -2.11. The van der Waals surface area contributed by atoms with E-state index in [4.69, 9.17) is 14.7 Å². The summed E-state index contributed by atoms with van der Waals surface area (Å²) >= 11 is 0. The minimum absolute atomic E-state index is 0.0432. The maximum atomic E-state index is 13.3. The van der Waals surface area contributed by atoms with Crippen LogP contribution in [-0.2, 0) is 9.47 Å². The van der Waals surface area contributed by atoms with Gasteiger partial charge in [-0.1, -0.05) is 6.07 Å². The summed E-state index contributed by atoms with van der Waals surface area (Å²) in [5.41, 5.74) is 0.546. The molecule has 1 aliphatic rings. The average molecular weight is 264 g/mol. The van der Waals surface area contributed by atoms with Crippen LogP contribution in [0, 0.1) is 17.1 Å². The fourth-order valence-electron chi connectivity index (χ4n) is 2.03. The van der Waals surface area contributed by atoms with Gasteiger partial charge in [0.15, 0.2) is 0 Å². The third-order valence-corrected chi connectivity index (χ3v) is 3.01. The van der Waals surface area contributed by atoms with Gasteiger partial charge in [0, 0.05) is 13.2 Å². The van der Waals surface area contributed by atoms with Crippen molar-refractivity contribution in [3.05, 3.63) is 29.6 Å². The van der Waals surface area contributed by atoms with Crippen molar-refractivity contribution in [2.45, 2.75) is 18.9 Å². The minimum Gasteiger partial charge on any atom is -0.382 e. The molecule has 0 aliphatic carbocycles. The molecular weight excluding hydrogens is 247 g/mol. The maximum absolute atomic E-state index is 13.3. The highest BCUT2D eigenvalue weighted by molar-refractivity contribution is 5.57. The summed E-state index contributed by atoms with van der Waals surface area (Å²) in [7, 11) is 0. The van der Waals surface area contributed by atoms with Crippen molar-refractivity contribution >= 4 is 5.69 Å². The number of ether oxygens (including phenoxy) is 2. The molecule has 0 radical (unpaired) electrons. The zero-order chi connectivity index (χ0) is 13.5. The molecule has 1 atom stereocenters. The first kappa shape index (κ1) is 13.8. The van der Waals surface area contributed by atoms with Crippen LogP contribution < -0.4 is 5.32 Å². The van der Waals surface area contributed by atoms with Gasteiger partial charge in [0.25, 0.3) is 0 Å². The summed E-state index contributed by atoms with van der Waals surface area (Å²) in [6.07, 6.45) is 2.36. The van der Waals surface area contributed by atoms with E-state index in [0.29, 0.717) is 25.4 Å². The molecule has 1 aromatic carbocycles. The van der Waals surface area contributed by atoms with Crippen molar-refractivity contribution in [1.82, 2.24) is 0 Å². The highest BCUT2D eigenvalue weighted by atomic mass is 19.1. The Morgan fingerprint density at radius 2 is 2.42 bits per heavy atom. The molecule has 0 bridgehead atoms. The topological polar surface area (TPSA) is 54.3 Å². The van der Waals surface area contributed by atoms with Crippen LogP contribution in [0.3, 0.4) is 0 Å². The van der Waals surface area contributed by atoms with E-state index >= 15 is 0 Å². The summed E-state index contributed by atoms with van der Waals surface area (Å²) in [6, 6.07) is 6.38. The van der Waals surface area contributed by atoms with E-state index in [1.54, 1.807) is 12.1 Å². The van der Waals surface area contributed by atoms with Crippen LogP contribution >= 0.6 is 0 Å². The lowest BCUT2D eigenvalue weighted by molar-refractivity contribution is 0.0206. The van der Waals surface area contributed by atoms with Crippen LogP contribution in [0.2, 0.25) is 0 Å². The number of anilines is 1. The van der Waals surface area contributed by atoms with Gasteiger partial charge in [0.1, 0.15) is 17.4 Å². The Kier molecular flexibility index (Phi) is 5.13. The number of nitrogens with one attached hydrogen (secondary N) is 1. The van der Waals surface area contributed by atoms with Crippen molar-refractivity contribution in [2.24, 2.45) is 0 Å². The van der Waals surface area contributed by atoms with Gasteiger partial charge in [-0.15, -0.1) is 0 Å². The van der Waals surface area contributed by atoms with Crippen molar-refractivity contribution < 1.29 is 13.9 Å². The van der Waals surface area contributed by atoms with E-state index in [0.717, 1.165) is 19.4 Å². The fourth-order valence-corrected chi connectivity index (χ4v) is 2.03. The smallest absolute Gasteiger partial charge is 0.143 e. The minimum atomic E-state index is -0.507. The fraction of sp³-hybridized carbons (Fsp3) is 0.500. The first-order chi connectivity index (χ1) is 9.31. The molecule has 1 N–H and O–H groups in total. The molecule has 1 aromatic rings. The largest absolute Gasteiger partial charge is 0.382 e. The summed E-state index contributed by atoms with van der Waals surface area (Å²) in [5, 5.41) is 11.9. The maximum Gasteiger partial charge on any atom is 0.143 e. The number of nitrogens with zero attached hydrogens (tertiary/aromatic N) is 1. The van der Waals surface area contributed by atoms with Crippen LogP contribution in [0.1, 0.15) is 18.4 Å². The van der Waals surface area contributed by atoms with Gasteiger partial charge in [-0.25, -0.2) is 4.39 Å². The van der Waals surface area contributed by atoms with Crippen LogP contribution in [0.25, 0.3) is 0 Å². The van der Waals surface area contributed by atoms with Crippen molar-refractivity contribution in [1.29, 1.82) is 5.26 Å². The van der Waals surface area contributed by atoms with Gasteiger partial charge in [0.05, 0.1) is 25.0 Å². The number of nitriles is 1. The molecule has 0 saturated carbocycles. The average Bonchev–Trinajstić information content (AvgIpc) is 2.92. The molecule has 1 saturated heterocycles. The molecule has 5 heteroatoms. The van der Waals surface area contributed by atoms with Crippen LogP contribution in [0.15, 0.2) is 18.2 Å². The summed E-state index contributed by atoms with van der Waals surface area (Å²) < 4.78 is 24.2. The Morgan fingerprint density at radius 3 is 3.16 bits per heavy atom. The summed E-state index contributed by atoms with van der Waals surface area (Å²) in [6.45, 7) is 2.45. The van der Waals surface area contributed by atoms with Gasteiger partial charge in [0.2, 0.25) is 0 Å². The number of halogens is 1. The van der Waals surface area contributed by atoms with Crippen LogP contribution in [0.4, 0.5) is 10.1 Å². The second kappa shape index (κ2) is 7.07. The lowest BCUT2D eigenvalue weighted by Crippen LogP contribution is -2.18. The van der Waals surface area contributed by atoms with E-state index in [1.807, 2.05) is 6.07 Å². The SMILES string of the molecule is N#Cc1c(F)cccc1NCCOCC1CCCO1. The second-order valence-electron chi connectivity index (χ2n) is 4.41. The zero-order valence-electron chi connectivity index (χ0n) is 10.7. The molecule has 0 aromatic heterocycles. The highest BCUT2D eigenvalue weighted by Gasteiger charge is 2.15. The lowest BCUT2D eigenvalue weighted by atomic mass is 10.2. The van der Waals surface area contributed by atoms with Gasteiger partial charge < -0.3 is 14.8 Å². The predicted octanol–water partition coefficient (Wildman–Crippen LogP) is 2.30. The molecule has 19 heavy (non-hydrogen) atoms. The Morgan fingerprint density at radius 1 is 1.53 bits per heavy atom. The van der Waals surface area contributed by atoms with E-state index in [-0.39, 0.29) is 11.7 Å². The van der Waals surface area contributed by atoms with E-state index in [2.05, 4.69) is 5.32 Å². The van der Waals surface area contributed by atoms with E-state index in [9.17, 15) is 4.39 Å². The van der Waals surface area contributed by atoms with Gasteiger partial charge in [-0.3, -0.25) is 0 Å². The molecule has 1 fully saturated rings. The monoisotopic (exact) mass is 264 g/mol. The predicted molar refractivity (Wildman–Crippen MR) is 69.4 cm³/mol. The van der Waals surface area contributed by atoms with Gasteiger partial charge >= 0.3 is 0 Å². The zero-order valence-corrected chi connectivity index (χ0v) is 10.7. The van der Waals surface area contributed by atoms with Crippen LogP contribution in [0.5, 0.6) is 0 Å². The summed E-state index contributed by atoms with van der Waals surface area (Å²) in [4.78, 5) is 0. The standard InChI is InChI=1S/C14H17FN2O2/c15-13-4-1-5-14(12(13)9-16)17-6-8-18-10-11-3-2-7-19-11/h1,4-5,11,17H,2-3,6-8,10H2. The number of hydrogen-bond acceptors (Lipinski definition) is 4. The van der Waals surface area contributed by atoms with Crippen molar-refractivity contribution in [3.63, 3.8) is 0 Å². The molecule has 2 rings (SSSR count). The Labute approximate surface area is 112 Å². The first-order valence-corrected chi connectivity index (χ1v) is 6.43. The molecule has 4 nitrogen and oxygen atoms in total. The molecular formula is C14H17FN2O2. The van der Waals surface area contributed by atoms with E-state index in [1.165, 1.54) is 6.07 Å². The van der Waals surface area contributed by atoms with E-state index < -0.39 is 5.82 Å². The third kappa shape index (κ3) is 3.91. The molecule has 1 unspecified atom stereocenters. The summed E-state index contributed by atoms with van der Waals surface area (Å²) in [5.74, 6) is -0.507. The Bertz CT molecular complexity index is 453. The quantitative estimate of drug-likeness (QED) is 0.801.